The quantitative estimate of drug-likeness (QED) is 0.406. The summed E-state index contributed by atoms with van der Waals surface area (Å²) in [6, 6.07) is 0. The van der Waals surface area contributed by atoms with Gasteiger partial charge in [0, 0.05) is 7.05 Å². The van der Waals surface area contributed by atoms with E-state index in [1.807, 2.05) is 0 Å². The number of anilines is 1. The highest BCUT2D eigenvalue weighted by atomic mass is 16.3. The molecule has 0 aliphatic rings. The van der Waals surface area contributed by atoms with Crippen molar-refractivity contribution in [1.29, 1.82) is 0 Å². The van der Waals surface area contributed by atoms with Crippen LogP contribution in [0.25, 0.3) is 0 Å². The molecular weight excluding hydrogens is 190 g/mol. The fraction of sp³-hybridized carbons (Fsp3) is 0.143. The fourth-order valence-corrected chi connectivity index (χ4v) is 1.03. The zero-order chi connectivity index (χ0) is 11.0. The Kier molecular flexibility index (Phi) is 2.18. The van der Waals surface area contributed by atoms with E-state index in [0.29, 0.717) is 0 Å². The van der Waals surface area contributed by atoms with Gasteiger partial charge < -0.3 is 15.9 Å². The lowest BCUT2D eigenvalue weighted by Gasteiger charge is -2.08. The summed E-state index contributed by atoms with van der Waals surface area (Å²) in [7, 11) is 1.27. The molecular formula is C7H10N3O4+. The number of nitrogen functional groups attached to an aromatic ring is 1. The molecule has 0 saturated carbocycles. The second-order valence-corrected chi connectivity index (χ2v) is 2.74. The summed E-state index contributed by atoms with van der Waals surface area (Å²) < 4.78 is 0.855. The molecule has 14 heavy (non-hydrogen) atoms. The van der Waals surface area contributed by atoms with E-state index in [2.05, 4.69) is 5.73 Å². The van der Waals surface area contributed by atoms with Crippen molar-refractivity contribution in [1.82, 2.24) is 4.57 Å². The molecule has 7 heteroatoms. The second kappa shape index (κ2) is 3.04. The first-order valence-electron chi connectivity index (χ1n) is 3.64. The van der Waals surface area contributed by atoms with Crippen molar-refractivity contribution in [3.8, 4) is 11.5 Å². The fourth-order valence-electron chi connectivity index (χ4n) is 1.03. The van der Waals surface area contributed by atoms with Crippen LogP contribution in [0.15, 0.2) is 4.79 Å². The van der Waals surface area contributed by atoms with Gasteiger partial charge in [0.2, 0.25) is 0 Å². The zero-order valence-corrected chi connectivity index (χ0v) is 7.44. The number of carbonyl (C=O) groups is 1. The number of nitrogens with zero attached hydrogens (tertiary/aromatic N) is 1. The summed E-state index contributed by atoms with van der Waals surface area (Å²) in [6.45, 7) is 0. The lowest BCUT2D eigenvalue weighted by molar-refractivity contribution is -0.255. The molecule has 1 aromatic heterocycles. The maximum atomic E-state index is 11.4. The Balaban J connectivity index is 3.78. The van der Waals surface area contributed by atoms with Gasteiger partial charge in [0.1, 0.15) is 0 Å². The van der Waals surface area contributed by atoms with Gasteiger partial charge in [0.15, 0.2) is 22.9 Å². The van der Waals surface area contributed by atoms with Gasteiger partial charge in [-0.2, -0.15) is 0 Å². The maximum absolute atomic E-state index is 11.4. The third kappa shape index (κ3) is 1.19. The van der Waals surface area contributed by atoms with E-state index in [4.69, 9.17) is 5.73 Å². The molecule has 0 spiro atoms. The number of aromatic hydroxyl groups is 2. The number of rotatable bonds is 1. The predicted octanol–water partition coefficient (Wildman–Crippen LogP) is -2.24. The normalized spacial score (nSPS) is 10.1. The first-order valence-corrected chi connectivity index (χ1v) is 3.64. The van der Waals surface area contributed by atoms with E-state index in [1.165, 1.54) is 7.05 Å². The number of hydrogen-bond acceptors (Lipinski definition) is 5. The minimum atomic E-state index is -0.876. The van der Waals surface area contributed by atoms with Crippen LogP contribution in [0.5, 0.6) is 11.5 Å². The predicted molar refractivity (Wildman–Crippen MR) is 46.6 cm³/mol. The van der Waals surface area contributed by atoms with Gasteiger partial charge in [0.25, 0.3) is 5.56 Å². The minimum Gasteiger partial charge on any atom is -0.503 e. The molecule has 1 aromatic rings. The van der Waals surface area contributed by atoms with Crippen LogP contribution in [-0.2, 0) is 7.05 Å². The molecule has 76 valence electrons. The monoisotopic (exact) mass is 200 g/mol. The van der Waals surface area contributed by atoms with E-state index in [9.17, 15) is 19.8 Å². The molecule has 7 N–H and O–H groups in total. The summed E-state index contributed by atoms with van der Waals surface area (Å²) in [6.07, 6.45) is 0. The second-order valence-electron chi connectivity index (χ2n) is 2.74. The van der Waals surface area contributed by atoms with Crippen LogP contribution >= 0.6 is 0 Å². The molecule has 0 atom stereocenters. The van der Waals surface area contributed by atoms with Gasteiger partial charge in [-0.15, -0.1) is 0 Å². The van der Waals surface area contributed by atoms with Crippen molar-refractivity contribution in [2.45, 2.75) is 0 Å². The Morgan fingerprint density at radius 2 is 1.93 bits per heavy atom. The number of aromatic nitrogens is 1. The van der Waals surface area contributed by atoms with E-state index in [-0.39, 0.29) is 5.82 Å². The molecule has 0 aliphatic heterocycles. The van der Waals surface area contributed by atoms with E-state index in [0.717, 1.165) is 4.57 Å². The average molecular weight is 200 g/mol. The molecule has 0 radical (unpaired) electrons. The third-order valence-electron chi connectivity index (χ3n) is 1.86. The van der Waals surface area contributed by atoms with Crippen LogP contribution < -0.4 is 17.0 Å². The van der Waals surface area contributed by atoms with Crippen LogP contribution in [0.2, 0.25) is 0 Å². The molecule has 1 rings (SSSR count). The van der Waals surface area contributed by atoms with E-state index >= 15 is 0 Å². The highest BCUT2D eigenvalue weighted by molar-refractivity contribution is 5.90. The Morgan fingerprint density at radius 1 is 1.43 bits per heavy atom. The van der Waals surface area contributed by atoms with Gasteiger partial charge in [-0.25, -0.2) is 4.79 Å². The number of nitrogens with two attached hydrogens (primary N) is 1. The van der Waals surface area contributed by atoms with Crippen molar-refractivity contribution in [3.63, 3.8) is 0 Å². The number of carbonyl (C=O) groups excluding carboxylic acids is 1. The number of amides is 1. The van der Waals surface area contributed by atoms with Crippen LogP contribution in [0.4, 0.5) is 5.82 Å². The Bertz CT molecular complexity index is 463. The van der Waals surface area contributed by atoms with Crippen molar-refractivity contribution < 1.29 is 20.7 Å². The summed E-state index contributed by atoms with van der Waals surface area (Å²) in [5, 5.41) is 18.5. The van der Waals surface area contributed by atoms with Crippen LogP contribution in [0, 0.1) is 0 Å². The number of hydrogen-bond donors (Lipinski definition) is 4. The van der Waals surface area contributed by atoms with Gasteiger partial charge in [0.05, 0.1) is 0 Å². The molecule has 0 bridgehead atoms. The van der Waals surface area contributed by atoms with Gasteiger partial charge in [-0.05, 0) is 0 Å². The summed E-state index contributed by atoms with van der Waals surface area (Å²) >= 11 is 0. The van der Waals surface area contributed by atoms with Crippen LogP contribution in [0.3, 0.4) is 0 Å². The first kappa shape index (κ1) is 10.1. The highest BCUT2D eigenvalue weighted by Gasteiger charge is 2.23. The molecule has 0 aromatic carbocycles. The smallest absolute Gasteiger partial charge is 0.350 e. The van der Waals surface area contributed by atoms with E-state index < -0.39 is 28.5 Å². The van der Waals surface area contributed by atoms with Crippen molar-refractivity contribution in [2.24, 2.45) is 7.05 Å². The average Bonchev–Trinajstić information content (AvgIpc) is 2.11. The molecule has 0 unspecified atom stereocenters. The van der Waals surface area contributed by atoms with Gasteiger partial charge in [-0.1, -0.05) is 0 Å². The van der Waals surface area contributed by atoms with Crippen LogP contribution in [0.1, 0.15) is 10.4 Å². The van der Waals surface area contributed by atoms with E-state index in [1.54, 1.807) is 0 Å². The molecule has 0 saturated heterocycles. The summed E-state index contributed by atoms with van der Waals surface area (Å²) in [5.41, 5.74) is 6.89. The SMILES string of the molecule is Cn1c(N)c(O)c(O)c(C([NH3+])=O)c1=O. The Labute approximate surface area is 78.2 Å². The standard InChI is InChI=1S/C7H9N3O4/c1-10-5(8)4(12)3(11)2(6(9)13)7(10)14/h11-12H,8H2,1H3,(H2,9,13)/p+1. The number of pyridine rings is 1. The summed E-state index contributed by atoms with van der Waals surface area (Å²) in [5.74, 6) is -2.71. The molecule has 0 aliphatic carbocycles. The van der Waals surface area contributed by atoms with Crippen molar-refractivity contribution in [2.75, 3.05) is 5.73 Å². The van der Waals surface area contributed by atoms with Gasteiger partial charge >= 0.3 is 5.91 Å². The maximum Gasteiger partial charge on any atom is 0.350 e. The van der Waals surface area contributed by atoms with Crippen molar-refractivity contribution in [3.05, 3.63) is 15.9 Å². The lowest BCUT2D eigenvalue weighted by Crippen LogP contribution is -2.58. The summed E-state index contributed by atoms with van der Waals surface area (Å²) in [4.78, 5) is 22.2. The topological polar surface area (TPSA) is 133 Å². The zero-order valence-electron chi connectivity index (χ0n) is 7.44. The highest BCUT2D eigenvalue weighted by Crippen LogP contribution is 2.30. The Hall–Kier alpha value is -2.02. The molecule has 1 amide bonds. The van der Waals surface area contributed by atoms with Crippen molar-refractivity contribution >= 4 is 11.7 Å². The Morgan fingerprint density at radius 3 is 2.36 bits per heavy atom. The third-order valence-corrected chi connectivity index (χ3v) is 1.86. The molecule has 1 heterocycles. The first-order chi connectivity index (χ1) is 6.37. The lowest BCUT2D eigenvalue weighted by atomic mass is 10.2. The number of quaternary nitrogens is 1. The van der Waals surface area contributed by atoms with Gasteiger partial charge in [-0.3, -0.25) is 15.1 Å². The molecule has 0 fully saturated rings. The molecule has 7 nitrogen and oxygen atoms in total. The largest absolute Gasteiger partial charge is 0.503 e. The minimum absolute atomic E-state index is 0.308. The van der Waals surface area contributed by atoms with Crippen LogP contribution in [-0.4, -0.2) is 20.7 Å².